The molecule has 0 spiro atoms. The third-order valence-electron chi connectivity index (χ3n) is 19.9. The van der Waals surface area contributed by atoms with Crippen LogP contribution in [-0.2, 0) is 77.4 Å². The average Bonchev–Trinajstić information content (AvgIpc) is 1.70. The van der Waals surface area contributed by atoms with E-state index < -0.39 is 143 Å². The molecule has 1 fully saturated rings. The molecule has 0 radical (unpaired) electrons. The number of carboxylic acid groups (broad SMARTS) is 1. The molecule has 0 bridgehead atoms. The highest BCUT2D eigenvalue weighted by atomic mass is 16.6. The fraction of sp³-hybridized carbons (Fsp3) is 0.367. The Balaban J connectivity index is 0.969. The molecule has 11 rings (SSSR count). The summed E-state index contributed by atoms with van der Waals surface area (Å²) < 4.78 is 27.4. The maximum atomic E-state index is 16.2. The fourth-order valence-corrected chi connectivity index (χ4v) is 14.6. The first-order valence-corrected chi connectivity index (χ1v) is 38.8. The van der Waals surface area contributed by atoms with Gasteiger partial charge >= 0.3 is 18.2 Å². The first-order valence-electron chi connectivity index (χ1n) is 38.8. The van der Waals surface area contributed by atoms with E-state index in [9.17, 15) is 33.9 Å². The lowest BCUT2D eigenvalue weighted by atomic mass is 9.77. The monoisotopic (exact) mass is 1560 g/mol. The summed E-state index contributed by atoms with van der Waals surface area (Å²) in [6.07, 6.45) is 1.78. The zero-order chi connectivity index (χ0) is 82.7. The van der Waals surface area contributed by atoms with Gasteiger partial charge in [0.15, 0.2) is 0 Å². The summed E-state index contributed by atoms with van der Waals surface area (Å²) in [5, 5.41) is 27.0. The average molecular weight is 1560 g/mol. The molecule has 1 aliphatic heterocycles. The van der Waals surface area contributed by atoms with Crippen LogP contribution in [0.1, 0.15) is 153 Å². The Morgan fingerprint density at radius 3 is 1.57 bits per heavy atom. The molecule has 0 saturated carbocycles. The van der Waals surface area contributed by atoms with Crippen molar-refractivity contribution in [2.45, 2.75) is 192 Å². The number of fused-ring (bicyclic) bond motifs is 4. The van der Waals surface area contributed by atoms with Crippen LogP contribution in [0.25, 0.3) is 22.0 Å². The van der Waals surface area contributed by atoms with Crippen LogP contribution in [0.5, 0.6) is 5.75 Å². The quantitative estimate of drug-likeness (QED) is 0.0206. The predicted molar refractivity (Wildman–Crippen MR) is 433 cm³/mol. The molecular formula is C90H102N10O15. The van der Waals surface area contributed by atoms with Crippen LogP contribution in [0.3, 0.4) is 0 Å². The minimum absolute atomic E-state index is 0.0968. The smallest absolute Gasteiger partial charge is 0.419 e. The molecule has 1 saturated heterocycles. The van der Waals surface area contributed by atoms with Gasteiger partial charge < -0.3 is 60.5 Å². The van der Waals surface area contributed by atoms with E-state index in [0.717, 1.165) is 43.8 Å². The van der Waals surface area contributed by atoms with Crippen LogP contribution in [-0.4, -0.2) is 156 Å². The second kappa shape index (κ2) is 35.8. The number of nitrogens with zero attached hydrogens (tertiary/aromatic N) is 4. The molecule has 2 aliphatic rings. The number of aliphatic carboxylic acids is 1. The first kappa shape index (κ1) is 83.7. The molecule has 25 heteroatoms. The Labute approximate surface area is 669 Å². The molecule has 602 valence electrons. The normalized spacial score (nSPS) is 15.2. The van der Waals surface area contributed by atoms with Crippen LogP contribution < -0.4 is 36.6 Å². The van der Waals surface area contributed by atoms with E-state index in [1.165, 1.54) is 17.7 Å². The topological polar surface area (TPSA) is 326 Å². The van der Waals surface area contributed by atoms with Gasteiger partial charge in [-0.3, -0.25) is 38.1 Å². The number of carboxylic acids is 1. The summed E-state index contributed by atoms with van der Waals surface area (Å²) in [6, 6.07) is 47.8. The van der Waals surface area contributed by atoms with E-state index in [4.69, 9.17) is 23.9 Å². The van der Waals surface area contributed by atoms with Gasteiger partial charge in [-0.2, -0.15) is 0 Å². The Kier molecular flexibility index (Phi) is 26.1. The van der Waals surface area contributed by atoms with Crippen molar-refractivity contribution in [2.75, 3.05) is 13.2 Å². The number of benzene rings is 7. The number of imide groups is 1. The number of para-hydroxylation sites is 1. The largest absolute Gasteiger partial charge is 0.488 e. The minimum atomic E-state index is -1.72. The molecule has 7 aromatic carbocycles. The highest BCUT2D eigenvalue weighted by molar-refractivity contribution is 6.03. The summed E-state index contributed by atoms with van der Waals surface area (Å²) in [6.45, 7) is 20.2. The Hall–Kier alpha value is -12.3. The molecule has 9 aromatic rings. The lowest BCUT2D eigenvalue weighted by molar-refractivity contribution is -0.142. The van der Waals surface area contributed by atoms with Gasteiger partial charge in [-0.25, -0.2) is 24.3 Å². The van der Waals surface area contributed by atoms with Crippen molar-refractivity contribution in [2.24, 2.45) is 5.92 Å². The maximum absolute atomic E-state index is 16.2. The van der Waals surface area contributed by atoms with Gasteiger partial charge in [-0.15, -0.1) is 0 Å². The number of ether oxygens (including phenoxy) is 4. The highest BCUT2D eigenvalue weighted by Gasteiger charge is 2.45. The van der Waals surface area contributed by atoms with Crippen molar-refractivity contribution in [3.63, 3.8) is 0 Å². The van der Waals surface area contributed by atoms with Crippen molar-refractivity contribution >= 4 is 70.4 Å². The van der Waals surface area contributed by atoms with E-state index in [2.05, 4.69) is 31.9 Å². The van der Waals surface area contributed by atoms with Crippen molar-refractivity contribution in [3.05, 3.63) is 251 Å². The standard InChI is InChI=1S/C90H102N10O15/c1-55(2)46-73(84(108)109)96-78(102)56(3)92-79(103)70(47-57-40-42-63(43-41-57)114-88(7,8)9)93-82(106)74(53-113-87(4,5)6)97-80(104)71(48-58-50-99(85(110)115-89(10,11)12)75-39-27-26-34-64(58)75)94-81(105)72(49-62-51-98(54-91-62)90(59-28-16-13-17-29-59,60-30-18-14-19-31-60)61-32-20-15-21-33-61)95-83(107)76-44-45-77(101)100(76)86(111)112-52-69-67-37-24-22-35-65(67)66-36-23-25-38-68(66)69/h13-43,50-51,54-56,69-74,76H,44-49,52-53H2,1-12H3,(H,92,103)(H,93,106)(H,94,105)(H,95,107)(H,96,102)(H,97,104)(H,108,109)/t56-,70+,71+,72+,73+,74+,76+/m1/s1. The second-order valence-electron chi connectivity index (χ2n) is 32.6. The lowest BCUT2D eigenvalue weighted by Gasteiger charge is -2.37. The van der Waals surface area contributed by atoms with E-state index in [1.54, 1.807) is 116 Å². The highest BCUT2D eigenvalue weighted by Crippen LogP contribution is 2.45. The number of carbonyl (C=O) groups is 10. The zero-order valence-electron chi connectivity index (χ0n) is 66.9. The minimum Gasteiger partial charge on any atom is -0.488 e. The van der Waals surface area contributed by atoms with Crippen LogP contribution in [0.15, 0.2) is 207 Å². The van der Waals surface area contributed by atoms with Crippen LogP contribution >= 0.6 is 0 Å². The Morgan fingerprint density at radius 2 is 1.03 bits per heavy atom. The number of likely N-dealkylation sites (tertiary alicyclic amines) is 1. The van der Waals surface area contributed by atoms with E-state index >= 15 is 19.2 Å². The number of hydrogen-bond donors (Lipinski definition) is 7. The van der Waals surface area contributed by atoms with Crippen LogP contribution in [0, 0.1) is 5.92 Å². The Morgan fingerprint density at radius 1 is 0.522 bits per heavy atom. The van der Waals surface area contributed by atoms with Gasteiger partial charge in [0, 0.05) is 49.4 Å². The van der Waals surface area contributed by atoms with E-state index in [-0.39, 0.29) is 50.3 Å². The molecule has 1 aliphatic carbocycles. The number of hydrogen-bond acceptors (Lipinski definition) is 15. The van der Waals surface area contributed by atoms with Gasteiger partial charge in [0.1, 0.15) is 71.4 Å². The third kappa shape index (κ3) is 20.6. The predicted octanol–water partition coefficient (Wildman–Crippen LogP) is 11.5. The molecule has 115 heavy (non-hydrogen) atoms. The van der Waals surface area contributed by atoms with Crippen molar-refractivity contribution in [1.82, 2.24) is 50.9 Å². The number of nitrogens with one attached hydrogen (secondary N) is 6. The van der Waals surface area contributed by atoms with Gasteiger partial charge in [0.2, 0.25) is 41.4 Å². The SMILES string of the molecule is CC(C)C[C@H](NC(=O)[C@@H](C)NC(=O)[C@H](Cc1ccc(OC(C)(C)C)cc1)NC(=O)[C@H](COC(C)(C)C)NC(=O)[C@H](Cc1cn(C(=O)OC(C)(C)C)c2ccccc12)NC(=O)[C@H](Cc1cn(C(c2ccccc2)(c2ccccc2)c2ccccc2)cn1)NC(=O)[C@@H]1CCC(=O)N1C(=O)OCC1c2ccccc2-c2ccccc21)C(=O)O. The van der Waals surface area contributed by atoms with E-state index in [0.29, 0.717) is 27.8 Å². The van der Waals surface area contributed by atoms with Gasteiger partial charge in [0.05, 0.1) is 29.7 Å². The summed E-state index contributed by atoms with van der Waals surface area (Å²) in [7, 11) is 0. The molecule has 7 atom stereocenters. The molecule has 2 aromatic heterocycles. The van der Waals surface area contributed by atoms with Gasteiger partial charge in [-0.1, -0.05) is 184 Å². The van der Waals surface area contributed by atoms with Crippen LogP contribution in [0.4, 0.5) is 9.59 Å². The summed E-state index contributed by atoms with van der Waals surface area (Å²) >= 11 is 0. The number of rotatable bonds is 30. The molecule has 8 amide bonds. The summed E-state index contributed by atoms with van der Waals surface area (Å²) in [5.41, 5.74) is 4.24. The van der Waals surface area contributed by atoms with Gasteiger partial charge in [-0.05, 0) is 156 Å². The first-order chi connectivity index (χ1) is 54.6. The van der Waals surface area contributed by atoms with Crippen molar-refractivity contribution in [3.8, 4) is 16.9 Å². The molecular weight excluding hydrogens is 1460 g/mol. The second-order valence-corrected chi connectivity index (χ2v) is 32.6. The zero-order valence-corrected chi connectivity index (χ0v) is 66.9. The number of amides is 8. The fourth-order valence-electron chi connectivity index (χ4n) is 14.6. The summed E-state index contributed by atoms with van der Waals surface area (Å²) in [4.78, 5) is 152. The number of imidazole rings is 1. The maximum Gasteiger partial charge on any atom is 0.419 e. The lowest BCUT2D eigenvalue weighted by Crippen LogP contribution is -2.61. The van der Waals surface area contributed by atoms with Crippen molar-refractivity contribution < 1.29 is 72.0 Å². The molecule has 0 unspecified atom stereocenters. The van der Waals surface area contributed by atoms with Crippen molar-refractivity contribution in [1.29, 1.82) is 0 Å². The molecule has 3 heterocycles. The Bertz CT molecular complexity index is 4860. The molecule has 7 N–H and O–H groups in total. The van der Waals surface area contributed by atoms with E-state index in [1.807, 2.05) is 165 Å². The summed E-state index contributed by atoms with van der Waals surface area (Å²) in [5.74, 6) is -7.47. The number of aromatic nitrogens is 3. The third-order valence-corrected chi connectivity index (χ3v) is 19.9. The van der Waals surface area contributed by atoms with Crippen LogP contribution in [0.2, 0.25) is 0 Å². The number of carbonyl (C=O) groups excluding carboxylic acids is 9. The van der Waals surface area contributed by atoms with Gasteiger partial charge in [0.25, 0.3) is 0 Å². The molecule has 25 nitrogen and oxygen atoms in total.